The largest absolute Gasteiger partial charge is 0.303 e. The van der Waals surface area contributed by atoms with Crippen molar-refractivity contribution in [2.45, 2.75) is 39.3 Å². The molecule has 2 heteroatoms. The number of hydrogen-bond acceptors (Lipinski definition) is 1. The van der Waals surface area contributed by atoms with Crippen LogP contribution in [0.15, 0.2) is 48.5 Å². The zero-order valence-electron chi connectivity index (χ0n) is 12.4. The van der Waals surface area contributed by atoms with E-state index in [0.717, 1.165) is 12.0 Å². The van der Waals surface area contributed by atoms with E-state index in [1.54, 1.807) is 12.1 Å². The van der Waals surface area contributed by atoms with Crippen LogP contribution in [0, 0.1) is 12.7 Å². The van der Waals surface area contributed by atoms with Crippen LogP contribution in [0.25, 0.3) is 0 Å². The Hall–Kier alpha value is -1.67. The summed E-state index contributed by atoms with van der Waals surface area (Å²) in [4.78, 5) is 0. The molecule has 2 aromatic rings. The highest BCUT2D eigenvalue weighted by Gasteiger charge is 2.14. The maximum atomic E-state index is 13.3. The zero-order chi connectivity index (χ0) is 14.5. The highest BCUT2D eigenvalue weighted by atomic mass is 19.1. The minimum absolute atomic E-state index is 0.168. The smallest absolute Gasteiger partial charge is 0.123 e. The molecule has 0 aliphatic heterocycles. The molecule has 2 atom stereocenters. The van der Waals surface area contributed by atoms with Gasteiger partial charge >= 0.3 is 0 Å². The number of benzene rings is 2. The SMILES string of the molecule is CCC(N[C@H](C)c1cccc(C)c1)c1cccc(F)c1. The highest BCUT2D eigenvalue weighted by Crippen LogP contribution is 2.23. The second-order valence-electron chi connectivity index (χ2n) is 5.32. The molecular weight excluding hydrogens is 249 g/mol. The van der Waals surface area contributed by atoms with Crippen molar-refractivity contribution in [3.05, 3.63) is 71.0 Å². The van der Waals surface area contributed by atoms with Crippen LogP contribution in [0.3, 0.4) is 0 Å². The van der Waals surface area contributed by atoms with Crippen molar-refractivity contribution in [2.24, 2.45) is 0 Å². The van der Waals surface area contributed by atoms with Gasteiger partial charge in [-0.05, 0) is 43.5 Å². The van der Waals surface area contributed by atoms with Gasteiger partial charge in [-0.2, -0.15) is 0 Å². The van der Waals surface area contributed by atoms with Crippen molar-refractivity contribution in [1.82, 2.24) is 5.32 Å². The average molecular weight is 271 g/mol. The Morgan fingerprint density at radius 2 is 1.75 bits per heavy atom. The van der Waals surface area contributed by atoms with Gasteiger partial charge in [-0.1, -0.05) is 48.9 Å². The van der Waals surface area contributed by atoms with Crippen LogP contribution < -0.4 is 5.32 Å². The van der Waals surface area contributed by atoms with E-state index in [4.69, 9.17) is 0 Å². The van der Waals surface area contributed by atoms with Gasteiger partial charge in [0.15, 0.2) is 0 Å². The fraction of sp³-hybridized carbons (Fsp3) is 0.333. The van der Waals surface area contributed by atoms with Crippen LogP contribution in [-0.2, 0) is 0 Å². The van der Waals surface area contributed by atoms with Crippen LogP contribution in [0.5, 0.6) is 0 Å². The van der Waals surface area contributed by atoms with Gasteiger partial charge in [-0.15, -0.1) is 0 Å². The molecule has 0 heterocycles. The van der Waals surface area contributed by atoms with E-state index in [9.17, 15) is 4.39 Å². The van der Waals surface area contributed by atoms with Crippen LogP contribution in [0.1, 0.15) is 49.0 Å². The minimum Gasteiger partial charge on any atom is -0.303 e. The lowest BCUT2D eigenvalue weighted by molar-refractivity contribution is 0.454. The van der Waals surface area contributed by atoms with Crippen LogP contribution in [-0.4, -0.2) is 0 Å². The summed E-state index contributed by atoms with van der Waals surface area (Å²) in [6, 6.07) is 15.7. The molecule has 20 heavy (non-hydrogen) atoms. The van der Waals surface area contributed by atoms with Gasteiger partial charge in [0, 0.05) is 12.1 Å². The maximum absolute atomic E-state index is 13.3. The van der Waals surface area contributed by atoms with Gasteiger partial charge in [0.25, 0.3) is 0 Å². The summed E-state index contributed by atoms with van der Waals surface area (Å²) in [5.74, 6) is -0.175. The van der Waals surface area contributed by atoms with Gasteiger partial charge in [-0.3, -0.25) is 0 Å². The average Bonchev–Trinajstić information content (AvgIpc) is 2.44. The highest BCUT2D eigenvalue weighted by molar-refractivity contribution is 5.26. The molecule has 0 aliphatic carbocycles. The lowest BCUT2D eigenvalue weighted by Crippen LogP contribution is -2.24. The Kier molecular flexibility index (Phi) is 4.91. The van der Waals surface area contributed by atoms with E-state index in [1.807, 2.05) is 6.07 Å². The maximum Gasteiger partial charge on any atom is 0.123 e. The minimum atomic E-state index is -0.175. The van der Waals surface area contributed by atoms with Gasteiger partial charge in [0.2, 0.25) is 0 Å². The van der Waals surface area contributed by atoms with Crippen molar-refractivity contribution >= 4 is 0 Å². The molecular formula is C18H22FN. The third kappa shape index (κ3) is 3.67. The van der Waals surface area contributed by atoms with E-state index in [2.05, 4.69) is 50.4 Å². The first-order chi connectivity index (χ1) is 9.60. The summed E-state index contributed by atoms with van der Waals surface area (Å²) >= 11 is 0. The lowest BCUT2D eigenvalue weighted by atomic mass is 10.0. The molecule has 2 rings (SSSR count). The summed E-state index contributed by atoms with van der Waals surface area (Å²) in [5, 5.41) is 3.59. The van der Waals surface area contributed by atoms with Crippen LogP contribution >= 0.6 is 0 Å². The topological polar surface area (TPSA) is 12.0 Å². The van der Waals surface area contributed by atoms with Crippen molar-refractivity contribution in [3.63, 3.8) is 0 Å². The second-order valence-corrected chi connectivity index (χ2v) is 5.32. The van der Waals surface area contributed by atoms with Crippen molar-refractivity contribution < 1.29 is 4.39 Å². The predicted octanol–water partition coefficient (Wildman–Crippen LogP) is 4.94. The molecule has 0 aromatic heterocycles. The molecule has 106 valence electrons. The first kappa shape index (κ1) is 14.7. The molecule has 0 amide bonds. The van der Waals surface area contributed by atoms with E-state index >= 15 is 0 Å². The summed E-state index contributed by atoms with van der Waals surface area (Å²) in [5.41, 5.74) is 3.53. The molecule has 1 N–H and O–H groups in total. The second kappa shape index (κ2) is 6.67. The van der Waals surface area contributed by atoms with Crippen molar-refractivity contribution in [3.8, 4) is 0 Å². The summed E-state index contributed by atoms with van der Waals surface area (Å²) in [6.45, 7) is 6.36. The molecule has 2 aromatic carbocycles. The number of nitrogens with one attached hydrogen (secondary N) is 1. The monoisotopic (exact) mass is 271 g/mol. The molecule has 0 saturated heterocycles. The Morgan fingerprint density at radius 3 is 2.40 bits per heavy atom. The molecule has 1 nitrogen and oxygen atoms in total. The first-order valence-corrected chi connectivity index (χ1v) is 7.18. The van der Waals surface area contributed by atoms with Gasteiger partial charge in [-0.25, -0.2) is 4.39 Å². The van der Waals surface area contributed by atoms with Gasteiger partial charge < -0.3 is 5.32 Å². The number of aryl methyl sites for hydroxylation is 1. The first-order valence-electron chi connectivity index (χ1n) is 7.18. The number of rotatable bonds is 5. The molecule has 1 unspecified atom stereocenters. The standard InChI is InChI=1S/C18H22FN/c1-4-18(16-9-6-10-17(19)12-16)20-14(3)15-8-5-7-13(2)11-15/h5-12,14,18,20H,4H2,1-3H3/t14-,18?/m1/s1. The zero-order valence-corrected chi connectivity index (χ0v) is 12.4. The van der Waals surface area contributed by atoms with E-state index < -0.39 is 0 Å². The van der Waals surface area contributed by atoms with Crippen LogP contribution in [0.2, 0.25) is 0 Å². The third-order valence-corrected chi connectivity index (χ3v) is 3.65. The summed E-state index contributed by atoms with van der Waals surface area (Å²) in [7, 11) is 0. The van der Waals surface area contributed by atoms with E-state index in [1.165, 1.54) is 17.2 Å². The quantitative estimate of drug-likeness (QED) is 0.812. The van der Waals surface area contributed by atoms with Crippen molar-refractivity contribution in [1.29, 1.82) is 0 Å². The molecule has 0 saturated carbocycles. The third-order valence-electron chi connectivity index (χ3n) is 3.65. The fourth-order valence-corrected chi connectivity index (χ4v) is 2.51. The molecule has 0 radical (unpaired) electrons. The fourth-order valence-electron chi connectivity index (χ4n) is 2.51. The Balaban J connectivity index is 2.14. The lowest BCUT2D eigenvalue weighted by Gasteiger charge is -2.23. The Morgan fingerprint density at radius 1 is 1.05 bits per heavy atom. The predicted molar refractivity (Wildman–Crippen MR) is 82.2 cm³/mol. The van der Waals surface area contributed by atoms with E-state index in [-0.39, 0.29) is 17.9 Å². The van der Waals surface area contributed by atoms with Crippen LogP contribution in [0.4, 0.5) is 4.39 Å². The molecule has 0 bridgehead atoms. The van der Waals surface area contributed by atoms with Crippen molar-refractivity contribution in [2.75, 3.05) is 0 Å². The molecule has 0 fully saturated rings. The Labute approximate surface area is 120 Å². The van der Waals surface area contributed by atoms with Gasteiger partial charge in [0.05, 0.1) is 0 Å². The number of halogens is 1. The molecule has 0 spiro atoms. The van der Waals surface area contributed by atoms with E-state index in [0.29, 0.717) is 0 Å². The normalized spacial score (nSPS) is 14.0. The summed E-state index contributed by atoms with van der Waals surface area (Å²) in [6.07, 6.45) is 0.930. The number of hydrogen-bond donors (Lipinski definition) is 1. The van der Waals surface area contributed by atoms with Gasteiger partial charge in [0.1, 0.15) is 5.82 Å². The Bertz CT molecular complexity index is 565. The summed E-state index contributed by atoms with van der Waals surface area (Å²) < 4.78 is 13.3. The molecule has 0 aliphatic rings.